The molecule has 1 fully saturated rings. The topological polar surface area (TPSA) is 73.9 Å². The van der Waals surface area contributed by atoms with Crippen LogP contribution in [0.2, 0.25) is 0 Å². The molecule has 1 saturated heterocycles. The number of H-pyrrole nitrogens is 1. The van der Waals surface area contributed by atoms with E-state index in [9.17, 15) is 4.79 Å². The second kappa shape index (κ2) is 7.29. The van der Waals surface area contributed by atoms with Crippen LogP contribution >= 0.6 is 11.3 Å². The number of amides is 1. The smallest absolute Gasteiger partial charge is 0.261 e. The molecule has 3 aromatic heterocycles. The van der Waals surface area contributed by atoms with E-state index in [0.717, 1.165) is 53.4 Å². The highest BCUT2D eigenvalue weighted by atomic mass is 32.1. The predicted octanol–water partition coefficient (Wildman–Crippen LogP) is 3.24. The van der Waals surface area contributed by atoms with Crippen molar-refractivity contribution in [1.82, 2.24) is 20.5 Å². The van der Waals surface area contributed by atoms with Gasteiger partial charge < -0.3 is 10.2 Å². The van der Waals surface area contributed by atoms with Crippen LogP contribution in [-0.2, 0) is 0 Å². The molecule has 1 atom stereocenters. The number of aryl methyl sites for hydroxylation is 1. The van der Waals surface area contributed by atoms with Crippen molar-refractivity contribution in [2.24, 2.45) is 0 Å². The number of aromatic nitrogens is 3. The van der Waals surface area contributed by atoms with Crippen LogP contribution in [0.15, 0.2) is 42.0 Å². The predicted molar refractivity (Wildman–Crippen MR) is 104 cm³/mol. The molecule has 1 aliphatic rings. The Kier molecular flexibility index (Phi) is 4.71. The summed E-state index contributed by atoms with van der Waals surface area (Å²) in [5, 5.41) is 12.7. The highest BCUT2D eigenvalue weighted by molar-refractivity contribution is 7.12. The molecule has 0 aromatic carbocycles. The number of thiophene rings is 1. The van der Waals surface area contributed by atoms with Crippen molar-refractivity contribution in [1.29, 1.82) is 0 Å². The maximum absolute atomic E-state index is 12.5. The Bertz CT molecular complexity index is 888. The number of anilines is 1. The number of piperidine rings is 1. The van der Waals surface area contributed by atoms with Gasteiger partial charge in [-0.3, -0.25) is 14.9 Å². The first kappa shape index (κ1) is 16.8. The minimum atomic E-state index is 0.0313. The largest absolute Gasteiger partial charge is 0.353 e. The van der Waals surface area contributed by atoms with Crippen LogP contribution in [0.4, 0.5) is 5.82 Å². The average Bonchev–Trinajstić information content (AvgIpc) is 3.32. The third-order valence-corrected chi connectivity index (χ3v) is 5.72. The zero-order valence-corrected chi connectivity index (χ0v) is 15.4. The summed E-state index contributed by atoms with van der Waals surface area (Å²) in [6.07, 6.45) is 5.57. The summed E-state index contributed by atoms with van der Waals surface area (Å²) in [4.78, 5) is 19.6. The van der Waals surface area contributed by atoms with Gasteiger partial charge in [0.05, 0.1) is 10.6 Å². The Labute approximate surface area is 156 Å². The molecule has 0 spiro atoms. The highest BCUT2D eigenvalue weighted by Gasteiger charge is 2.24. The summed E-state index contributed by atoms with van der Waals surface area (Å²) in [6, 6.07) is 8.10. The van der Waals surface area contributed by atoms with Crippen molar-refractivity contribution < 1.29 is 4.79 Å². The number of carbonyl (C=O) groups excluding carboxylic acids is 1. The third kappa shape index (κ3) is 3.48. The van der Waals surface area contributed by atoms with Crippen molar-refractivity contribution in [3.05, 3.63) is 52.5 Å². The van der Waals surface area contributed by atoms with Gasteiger partial charge in [0.1, 0.15) is 0 Å². The highest BCUT2D eigenvalue weighted by Crippen LogP contribution is 2.24. The molecule has 7 heteroatoms. The zero-order chi connectivity index (χ0) is 17.9. The van der Waals surface area contributed by atoms with Crippen molar-refractivity contribution in [3.8, 4) is 11.3 Å². The number of pyridine rings is 1. The van der Waals surface area contributed by atoms with Gasteiger partial charge in [-0.1, -0.05) is 0 Å². The third-order valence-electron chi connectivity index (χ3n) is 4.70. The van der Waals surface area contributed by atoms with Crippen LogP contribution < -0.4 is 10.2 Å². The molecular weight excluding hydrogens is 346 g/mol. The Hall–Kier alpha value is -2.67. The molecule has 1 unspecified atom stereocenters. The van der Waals surface area contributed by atoms with Gasteiger partial charge >= 0.3 is 0 Å². The van der Waals surface area contributed by atoms with E-state index in [1.54, 1.807) is 12.4 Å². The number of carbonyl (C=O) groups is 1. The van der Waals surface area contributed by atoms with E-state index in [1.165, 1.54) is 11.3 Å². The van der Waals surface area contributed by atoms with Gasteiger partial charge in [-0.25, -0.2) is 0 Å². The van der Waals surface area contributed by atoms with Crippen LogP contribution in [0.1, 0.15) is 28.1 Å². The van der Waals surface area contributed by atoms with Gasteiger partial charge in [0.15, 0.2) is 5.82 Å². The number of aromatic amines is 1. The monoisotopic (exact) mass is 367 g/mol. The molecule has 4 rings (SSSR count). The van der Waals surface area contributed by atoms with E-state index >= 15 is 0 Å². The van der Waals surface area contributed by atoms with Gasteiger partial charge in [-0.2, -0.15) is 5.10 Å². The van der Waals surface area contributed by atoms with Crippen LogP contribution in [0, 0.1) is 6.92 Å². The van der Waals surface area contributed by atoms with Gasteiger partial charge in [0.2, 0.25) is 0 Å². The Morgan fingerprint density at radius 2 is 2.19 bits per heavy atom. The van der Waals surface area contributed by atoms with Gasteiger partial charge in [-0.15, -0.1) is 11.3 Å². The molecule has 1 aliphatic heterocycles. The molecule has 6 nitrogen and oxygen atoms in total. The number of hydrogen-bond acceptors (Lipinski definition) is 5. The van der Waals surface area contributed by atoms with E-state index in [-0.39, 0.29) is 11.9 Å². The van der Waals surface area contributed by atoms with Crippen LogP contribution in [0.5, 0.6) is 0 Å². The lowest BCUT2D eigenvalue weighted by Gasteiger charge is -2.33. The number of rotatable bonds is 4. The molecule has 0 aliphatic carbocycles. The second-order valence-corrected chi connectivity index (χ2v) is 7.48. The maximum Gasteiger partial charge on any atom is 0.261 e. The molecule has 4 heterocycles. The van der Waals surface area contributed by atoms with Crippen molar-refractivity contribution in [3.63, 3.8) is 0 Å². The quantitative estimate of drug-likeness (QED) is 0.742. The fourth-order valence-corrected chi connectivity index (χ4v) is 4.14. The van der Waals surface area contributed by atoms with Gasteiger partial charge in [-0.05, 0) is 48.9 Å². The Balaban J connectivity index is 1.43. The normalized spacial score (nSPS) is 17.3. The van der Waals surface area contributed by atoms with E-state index in [0.29, 0.717) is 0 Å². The van der Waals surface area contributed by atoms with Crippen LogP contribution in [-0.4, -0.2) is 40.2 Å². The Morgan fingerprint density at radius 1 is 1.35 bits per heavy atom. The number of nitrogens with one attached hydrogen (secondary N) is 2. The Morgan fingerprint density at radius 3 is 2.96 bits per heavy atom. The maximum atomic E-state index is 12.5. The summed E-state index contributed by atoms with van der Waals surface area (Å²) in [7, 11) is 0. The lowest BCUT2D eigenvalue weighted by Crippen LogP contribution is -2.47. The van der Waals surface area contributed by atoms with Crippen molar-refractivity contribution in [2.45, 2.75) is 25.8 Å². The second-order valence-electron chi connectivity index (χ2n) is 6.57. The summed E-state index contributed by atoms with van der Waals surface area (Å²) >= 11 is 1.50. The summed E-state index contributed by atoms with van der Waals surface area (Å²) in [6.45, 7) is 3.70. The first-order valence-electron chi connectivity index (χ1n) is 8.76. The molecule has 0 radical (unpaired) electrons. The van der Waals surface area contributed by atoms with Crippen LogP contribution in [0.25, 0.3) is 11.3 Å². The lowest BCUT2D eigenvalue weighted by atomic mass is 10.1. The van der Waals surface area contributed by atoms with E-state index < -0.39 is 0 Å². The van der Waals surface area contributed by atoms with Gasteiger partial charge in [0.25, 0.3) is 5.91 Å². The fourth-order valence-electron chi connectivity index (χ4n) is 3.31. The van der Waals surface area contributed by atoms with Crippen molar-refractivity contribution >= 4 is 23.1 Å². The molecule has 0 bridgehead atoms. The van der Waals surface area contributed by atoms with Gasteiger partial charge in [0, 0.05) is 43.2 Å². The first-order chi connectivity index (χ1) is 12.7. The average molecular weight is 367 g/mol. The number of nitrogens with zero attached hydrogens (tertiary/aromatic N) is 3. The van der Waals surface area contributed by atoms with E-state index in [2.05, 4.69) is 31.5 Å². The first-order valence-corrected chi connectivity index (χ1v) is 9.64. The van der Waals surface area contributed by atoms with E-state index in [4.69, 9.17) is 0 Å². The molecule has 2 N–H and O–H groups in total. The standard InChI is InChI=1S/C19H21N5OS/c1-13-6-10-26-18(13)19(25)21-15-3-2-9-24(12-15)17-11-16(22-23-17)14-4-7-20-8-5-14/h4-8,10-11,15H,2-3,9,12H2,1H3,(H,21,25)(H,22,23). The summed E-state index contributed by atoms with van der Waals surface area (Å²) < 4.78 is 0. The molecule has 0 saturated carbocycles. The molecule has 134 valence electrons. The van der Waals surface area contributed by atoms with E-state index in [1.807, 2.05) is 30.5 Å². The molecular formula is C19H21N5OS. The summed E-state index contributed by atoms with van der Waals surface area (Å²) in [5.74, 6) is 0.951. The zero-order valence-electron chi connectivity index (χ0n) is 14.6. The van der Waals surface area contributed by atoms with Crippen LogP contribution in [0.3, 0.4) is 0 Å². The minimum Gasteiger partial charge on any atom is -0.353 e. The SMILES string of the molecule is Cc1ccsc1C(=O)NC1CCCN(c2cc(-c3ccncc3)[nH]n2)C1. The molecule has 1 amide bonds. The lowest BCUT2D eigenvalue weighted by molar-refractivity contribution is 0.0936. The summed E-state index contributed by atoms with van der Waals surface area (Å²) in [5.41, 5.74) is 3.08. The fraction of sp³-hybridized carbons (Fsp3) is 0.316. The van der Waals surface area contributed by atoms with Crippen molar-refractivity contribution in [2.75, 3.05) is 18.0 Å². The number of hydrogen-bond donors (Lipinski definition) is 2. The minimum absolute atomic E-state index is 0.0313. The molecule has 3 aromatic rings. The molecule has 26 heavy (non-hydrogen) atoms.